The lowest BCUT2D eigenvalue weighted by Crippen LogP contribution is -2.34. The van der Waals surface area contributed by atoms with Gasteiger partial charge in [-0.15, -0.1) is 0 Å². The molecule has 1 aliphatic carbocycles. The first-order chi connectivity index (χ1) is 9.97. The molecule has 1 fully saturated rings. The van der Waals surface area contributed by atoms with Gasteiger partial charge >= 0.3 is 0 Å². The van der Waals surface area contributed by atoms with Gasteiger partial charge in [0.15, 0.2) is 0 Å². The van der Waals surface area contributed by atoms with Crippen LogP contribution in [0.25, 0.3) is 0 Å². The summed E-state index contributed by atoms with van der Waals surface area (Å²) in [6.45, 7) is 12.1. The van der Waals surface area contributed by atoms with Crippen molar-refractivity contribution in [2.45, 2.75) is 53.1 Å². The SMILES string of the molecule is CC(C)CNCc1cc(Cl)ccc1N(CC1CC1)C(C)C. The van der Waals surface area contributed by atoms with E-state index in [1.165, 1.54) is 30.6 Å². The van der Waals surface area contributed by atoms with Crippen molar-refractivity contribution < 1.29 is 0 Å². The van der Waals surface area contributed by atoms with Gasteiger partial charge in [-0.1, -0.05) is 25.4 Å². The lowest BCUT2D eigenvalue weighted by molar-refractivity contribution is 0.550. The maximum absolute atomic E-state index is 6.21. The van der Waals surface area contributed by atoms with Crippen LogP contribution < -0.4 is 10.2 Å². The Balaban J connectivity index is 2.14. The highest BCUT2D eigenvalue weighted by Gasteiger charge is 2.26. The number of nitrogens with one attached hydrogen (secondary N) is 1. The van der Waals surface area contributed by atoms with Gasteiger partial charge < -0.3 is 10.2 Å². The van der Waals surface area contributed by atoms with Gasteiger partial charge in [0.2, 0.25) is 0 Å². The first kappa shape index (κ1) is 16.6. The van der Waals surface area contributed by atoms with E-state index < -0.39 is 0 Å². The molecular weight excluding hydrogens is 280 g/mol. The smallest absolute Gasteiger partial charge is 0.0415 e. The van der Waals surface area contributed by atoms with E-state index in [1.807, 2.05) is 6.07 Å². The van der Waals surface area contributed by atoms with Crippen molar-refractivity contribution in [1.82, 2.24) is 5.32 Å². The molecule has 0 saturated heterocycles. The average Bonchev–Trinajstić information content (AvgIpc) is 3.20. The number of hydrogen-bond acceptors (Lipinski definition) is 2. The third-order valence-electron chi connectivity index (χ3n) is 3.99. The second kappa shape index (κ2) is 7.51. The second-order valence-electron chi connectivity index (χ2n) is 6.99. The summed E-state index contributed by atoms with van der Waals surface area (Å²) in [5.41, 5.74) is 2.66. The molecule has 118 valence electrons. The van der Waals surface area contributed by atoms with E-state index in [1.54, 1.807) is 0 Å². The first-order valence-corrected chi connectivity index (χ1v) is 8.61. The average molecular weight is 309 g/mol. The van der Waals surface area contributed by atoms with Gasteiger partial charge in [-0.2, -0.15) is 0 Å². The van der Waals surface area contributed by atoms with Gasteiger partial charge in [0.1, 0.15) is 0 Å². The minimum Gasteiger partial charge on any atom is -0.369 e. The van der Waals surface area contributed by atoms with Gasteiger partial charge in [0.05, 0.1) is 0 Å². The van der Waals surface area contributed by atoms with Crippen LogP contribution in [0.4, 0.5) is 5.69 Å². The van der Waals surface area contributed by atoms with Crippen molar-refractivity contribution >= 4 is 17.3 Å². The van der Waals surface area contributed by atoms with E-state index in [9.17, 15) is 0 Å². The monoisotopic (exact) mass is 308 g/mol. The topological polar surface area (TPSA) is 15.3 Å². The zero-order chi connectivity index (χ0) is 15.4. The van der Waals surface area contributed by atoms with Crippen molar-refractivity contribution in [2.24, 2.45) is 11.8 Å². The molecule has 0 amide bonds. The highest BCUT2D eigenvalue weighted by Crippen LogP contribution is 2.34. The van der Waals surface area contributed by atoms with E-state index in [0.29, 0.717) is 12.0 Å². The first-order valence-electron chi connectivity index (χ1n) is 8.23. The summed E-state index contributed by atoms with van der Waals surface area (Å²) >= 11 is 6.21. The Labute approximate surface area is 134 Å². The third-order valence-corrected chi connectivity index (χ3v) is 4.23. The second-order valence-corrected chi connectivity index (χ2v) is 7.42. The zero-order valence-corrected chi connectivity index (χ0v) is 14.6. The molecule has 1 N–H and O–H groups in total. The number of rotatable bonds is 8. The Hall–Kier alpha value is -0.730. The fourth-order valence-electron chi connectivity index (χ4n) is 2.64. The van der Waals surface area contributed by atoms with Gasteiger partial charge in [-0.3, -0.25) is 0 Å². The molecule has 0 bridgehead atoms. The Morgan fingerprint density at radius 3 is 2.52 bits per heavy atom. The van der Waals surface area contributed by atoms with Crippen molar-refractivity contribution in [3.63, 3.8) is 0 Å². The summed E-state index contributed by atoms with van der Waals surface area (Å²) in [6, 6.07) is 6.85. The maximum Gasteiger partial charge on any atom is 0.0415 e. The largest absolute Gasteiger partial charge is 0.369 e. The van der Waals surface area contributed by atoms with E-state index in [0.717, 1.165) is 24.0 Å². The van der Waals surface area contributed by atoms with Crippen LogP contribution in [-0.4, -0.2) is 19.1 Å². The van der Waals surface area contributed by atoms with Crippen LogP contribution in [0.2, 0.25) is 5.02 Å². The summed E-state index contributed by atoms with van der Waals surface area (Å²) in [7, 11) is 0. The van der Waals surface area contributed by atoms with Crippen molar-refractivity contribution in [1.29, 1.82) is 0 Å². The third kappa shape index (κ3) is 5.19. The molecule has 0 heterocycles. The summed E-state index contributed by atoms with van der Waals surface area (Å²) < 4.78 is 0. The standard InChI is InChI=1S/C18H29ClN2/c1-13(2)10-20-11-16-9-17(19)7-8-18(16)21(14(3)4)12-15-5-6-15/h7-9,13-15,20H,5-6,10-12H2,1-4H3. The number of anilines is 1. The minimum absolute atomic E-state index is 0.524. The molecule has 0 atom stereocenters. The molecule has 0 radical (unpaired) electrons. The Morgan fingerprint density at radius 1 is 1.24 bits per heavy atom. The molecule has 2 nitrogen and oxygen atoms in total. The molecule has 0 unspecified atom stereocenters. The summed E-state index contributed by atoms with van der Waals surface area (Å²) in [6.07, 6.45) is 2.77. The van der Waals surface area contributed by atoms with Crippen LogP contribution in [0.5, 0.6) is 0 Å². The van der Waals surface area contributed by atoms with Crippen LogP contribution in [0, 0.1) is 11.8 Å². The van der Waals surface area contributed by atoms with Crippen LogP contribution >= 0.6 is 11.6 Å². The van der Waals surface area contributed by atoms with Crippen LogP contribution in [-0.2, 0) is 6.54 Å². The normalized spacial score (nSPS) is 15.0. The molecule has 21 heavy (non-hydrogen) atoms. The fraction of sp³-hybridized carbons (Fsp3) is 0.667. The van der Waals surface area contributed by atoms with Crippen molar-refractivity contribution in [2.75, 3.05) is 18.0 Å². The van der Waals surface area contributed by atoms with E-state index >= 15 is 0 Å². The minimum atomic E-state index is 0.524. The number of hydrogen-bond donors (Lipinski definition) is 1. The number of halogens is 1. The molecular formula is C18H29ClN2. The summed E-state index contributed by atoms with van der Waals surface area (Å²) in [5, 5.41) is 4.38. The van der Waals surface area contributed by atoms with E-state index in [-0.39, 0.29) is 0 Å². The number of nitrogens with zero attached hydrogens (tertiary/aromatic N) is 1. The highest BCUT2D eigenvalue weighted by atomic mass is 35.5. The summed E-state index contributed by atoms with van der Waals surface area (Å²) in [4.78, 5) is 2.54. The summed E-state index contributed by atoms with van der Waals surface area (Å²) in [5.74, 6) is 1.56. The lowest BCUT2D eigenvalue weighted by Gasteiger charge is -2.31. The number of benzene rings is 1. The van der Waals surface area contributed by atoms with Gasteiger partial charge in [0.25, 0.3) is 0 Å². The molecule has 1 aromatic carbocycles. The van der Waals surface area contributed by atoms with Crippen LogP contribution in [0.3, 0.4) is 0 Å². The molecule has 0 spiro atoms. The van der Waals surface area contributed by atoms with Crippen LogP contribution in [0.15, 0.2) is 18.2 Å². The predicted molar refractivity (Wildman–Crippen MR) is 93.2 cm³/mol. The molecule has 1 aromatic rings. The maximum atomic E-state index is 6.21. The molecule has 2 rings (SSSR count). The van der Waals surface area contributed by atoms with Gasteiger partial charge in [-0.25, -0.2) is 0 Å². The van der Waals surface area contributed by atoms with Crippen molar-refractivity contribution in [3.8, 4) is 0 Å². The molecule has 0 aliphatic heterocycles. The molecule has 1 saturated carbocycles. The Morgan fingerprint density at radius 2 is 1.95 bits per heavy atom. The molecule has 1 aliphatic rings. The van der Waals surface area contributed by atoms with E-state index in [2.05, 4.69) is 50.0 Å². The van der Waals surface area contributed by atoms with E-state index in [4.69, 9.17) is 11.6 Å². The van der Waals surface area contributed by atoms with Crippen molar-refractivity contribution in [3.05, 3.63) is 28.8 Å². The van der Waals surface area contributed by atoms with Gasteiger partial charge in [0, 0.05) is 29.8 Å². The fourth-order valence-corrected chi connectivity index (χ4v) is 2.83. The highest BCUT2D eigenvalue weighted by molar-refractivity contribution is 6.30. The predicted octanol–water partition coefficient (Wildman–Crippen LogP) is 4.71. The zero-order valence-electron chi connectivity index (χ0n) is 13.8. The molecule has 0 aromatic heterocycles. The lowest BCUT2D eigenvalue weighted by atomic mass is 10.1. The quantitative estimate of drug-likeness (QED) is 0.748. The molecule has 3 heteroatoms. The Kier molecular flexibility index (Phi) is 5.95. The Bertz CT molecular complexity index is 453. The van der Waals surface area contributed by atoms with Crippen LogP contribution in [0.1, 0.15) is 46.1 Å². The van der Waals surface area contributed by atoms with Gasteiger partial charge in [-0.05, 0) is 68.8 Å².